The van der Waals surface area contributed by atoms with Crippen LogP contribution in [-0.4, -0.2) is 26.0 Å². The molecule has 1 aliphatic carbocycles. The highest BCUT2D eigenvalue weighted by Gasteiger charge is 2.32. The molecule has 0 atom stereocenters. The fraction of sp³-hybridized carbons (Fsp3) is 0.526. The quantitative estimate of drug-likeness (QED) is 0.603. The number of hydrogen-bond acceptors (Lipinski definition) is 3. The van der Waals surface area contributed by atoms with E-state index in [4.69, 9.17) is 16.7 Å². The number of rotatable bonds is 9. The van der Waals surface area contributed by atoms with Crippen molar-refractivity contribution < 1.29 is 18.3 Å². The molecule has 0 bridgehead atoms. The van der Waals surface area contributed by atoms with Crippen LogP contribution in [0.15, 0.2) is 41.3 Å². The lowest BCUT2D eigenvalue weighted by atomic mass is 9.72. The molecule has 0 aliphatic heterocycles. The van der Waals surface area contributed by atoms with Crippen LogP contribution in [0, 0.1) is 5.41 Å². The maximum atomic E-state index is 12.5. The summed E-state index contributed by atoms with van der Waals surface area (Å²) in [7, 11) is -3.57. The predicted molar refractivity (Wildman–Crippen MR) is 103 cm³/mol. The molecular weight excluding hydrogens is 374 g/mol. The molecule has 1 aliphatic rings. The molecule has 0 aromatic heterocycles. The molecule has 26 heavy (non-hydrogen) atoms. The topological polar surface area (TPSA) is 83.5 Å². The SMILES string of the molecule is O=C(O)CC/C=C\CC1(CNS(=O)(=O)c2ccc(Cl)cc2)CCCCC1. The third kappa shape index (κ3) is 6.41. The Balaban J connectivity index is 2.00. The van der Waals surface area contributed by atoms with E-state index in [2.05, 4.69) is 4.72 Å². The summed E-state index contributed by atoms with van der Waals surface area (Å²) in [6.07, 6.45) is 10.6. The lowest BCUT2D eigenvalue weighted by Gasteiger charge is -2.36. The van der Waals surface area contributed by atoms with Gasteiger partial charge in [-0.3, -0.25) is 4.79 Å². The summed E-state index contributed by atoms with van der Waals surface area (Å²) in [6.45, 7) is 0.390. The maximum absolute atomic E-state index is 12.5. The van der Waals surface area contributed by atoms with Crippen LogP contribution in [-0.2, 0) is 14.8 Å². The smallest absolute Gasteiger partial charge is 0.303 e. The van der Waals surface area contributed by atoms with E-state index >= 15 is 0 Å². The van der Waals surface area contributed by atoms with Crippen molar-refractivity contribution >= 4 is 27.6 Å². The molecule has 144 valence electrons. The van der Waals surface area contributed by atoms with Gasteiger partial charge in [-0.05, 0) is 55.4 Å². The van der Waals surface area contributed by atoms with E-state index in [1.165, 1.54) is 18.6 Å². The summed E-state index contributed by atoms with van der Waals surface area (Å²) in [6, 6.07) is 6.14. The first kappa shape index (κ1) is 20.9. The van der Waals surface area contributed by atoms with Crippen LogP contribution in [0.3, 0.4) is 0 Å². The number of benzene rings is 1. The highest BCUT2D eigenvalue weighted by atomic mass is 35.5. The van der Waals surface area contributed by atoms with Gasteiger partial charge in [-0.1, -0.05) is 43.0 Å². The Morgan fingerprint density at radius 1 is 1.15 bits per heavy atom. The van der Waals surface area contributed by atoms with Crippen molar-refractivity contribution in [3.05, 3.63) is 41.4 Å². The molecule has 0 amide bonds. The standard InChI is InChI=1S/C19H26ClNO4S/c20-16-8-10-17(11-9-16)26(24,25)21-15-19(13-5-2-6-14-19)12-4-1-3-7-18(22)23/h1,4,8-11,21H,2-3,5-7,12-15H2,(H,22,23)/b4-1-. The Bertz CT molecular complexity index is 722. The zero-order valence-corrected chi connectivity index (χ0v) is 16.4. The van der Waals surface area contributed by atoms with Crippen molar-refractivity contribution in [2.24, 2.45) is 5.41 Å². The van der Waals surface area contributed by atoms with Crippen molar-refractivity contribution in [3.63, 3.8) is 0 Å². The second-order valence-corrected chi connectivity index (χ2v) is 9.15. The number of allylic oxidation sites excluding steroid dienone is 2. The van der Waals surface area contributed by atoms with E-state index in [1.807, 2.05) is 12.2 Å². The van der Waals surface area contributed by atoms with Crippen LogP contribution in [0.25, 0.3) is 0 Å². The summed E-state index contributed by atoms with van der Waals surface area (Å²) in [5, 5.41) is 9.19. The highest BCUT2D eigenvalue weighted by Crippen LogP contribution is 2.39. The second kappa shape index (κ2) is 9.53. The molecule has 0 unspecified atom stereocenters. The lowest BCUT2D eigenvalue weighted by Crippen LogP contribution is -2.38. The average molecular weight is 400 g/mol. The Morgan fingerprint density at radius 3 is 2.42 bits per heavy atom. The van der Waals surface area contributed by atoms with Crippen molar-refractivity contribution in [2.45, 2.75) is 56.3 Å². The monoisotopic (exact) mass is 399 g/mol. The molecule has 1 saturated carbocycles. The average Bonchev–Trinajstić information content (AvgIpc) is 2.61. The van der Waals surface area contributed by atoms with Crippen molar-refractivity contribution in [3.8, 4) is 0 Å². The molecule has 0 heterocycles. The van der Waals surface area contributed by atoms with Gasteiger partial charge in [0.05, 0.1) is 4.90 Å². The minimum Gasteiger partial charge on any atom is -0.481 e. The summed E-state index contributed by atoms with van der Waals surface area (Å²) >= 11 is 5.83. The number of carboxylic acid groups (broad SMARTS) is 1. The van der Waals surface area contributed by atoms with Gasteiger partial charge in [0.15, 0.2) is 0 Å². The van der Waals surface area contributed by atoms with Gasteiger partial charge in [0.2, 0.25) is 10.0 Å². The Morgan fingerprint density at radius 2 is 1.81 bits per heavy atom. The number of carbonyl (C=O) groups is 1. The second-order valence-electron chi connectivity index (χ2n) is 6.95. The van der Waals surface area contributed by atoms with Gasteiger partial charge in [-0.2, -0.15) is 0 Å². The third-order valence-corrected chi connectivity index (χ3v) is 6.59. The molecule has 7 heteroatoms. The minimum atomic E-state index is -3.57. The molecule has 1 aromatic rings. The Kier molecular flexibility index (Phi) is 7.68. The molecule has 5 nitrogen and oxygen atoms in total. The summed E-state index contributed by atoms with van der Waals surface area (Å²) in [5.74, 6) is -0.808. The first-order chi connectivity index (χ1) is 12.3. The van der Waals surface area contributed by atoms with Crippen LogP contribution in [0.4, 0.5) is 0 Å². The number of aliphatic carboxylic acids is 1. The predicted octanol–water partition coefficient (Wildman–Crippen LogP) is 4.38. The number of sulfonamides is 1. The number of nitrogens with one attached hydrogen (secondary N) is 1. The molecule has 0 radical (unpaired) electrons. The Labute approximate surface area is 160 Å². The molecule has 1 fully saturated rings. The number of carboxylic acids is 1. The van der Waals surface area contributed by atoms with Crippen LogP contribution >= 0.6 is 11.6 Å². The van der Waals surface area contributed by atoms with Crippen molar-refractivity contribution in [1.29, 1.82) is 0 Å². The van der Waals surface area contributed by atoms with Gasteiger partial charge in [0, 0.05) is 18.0 Å². The van der Waals surface area contributed by atoms with Gasteiger partial charge in [-0.15, -0.1) is 0 Å². The fourth-order valence-electron chi connectivity index (χ4n) is 3.36. The van der Waals surface area contributed by atoms with E-state index in [0.717, 1.165) is 32.1 Å². The number of halogens is 1. The van der Waals surface area contributed by atoms with Gasteiger partial charge in [0.25, 0.3) is 0 Å². The van der Waals surface area contributed by atoms with E-state index < -0.39 is 16.0 Å². The largest absolute Gasteiger partial charge is 0.481 e. The van der Waals surface area contributed by atoms with Gasteiger partial charge in [0.1, 0.15) is 0 Å². The summed E-state index contributed by atoms with van der Waals surface area (Å²) < 4.78 is 27.8. The van der Waals surface area contributed by atoms with Crippen LogP contribution in [0.1, 0.15) is 51.4 Å². The van der Waals surface area contributed by atoms with Crippen molar-refractivity contribution in [2.75, 3.05) is 6.54 Å². The van der Waals surface area contributed by atoms with Gasteiger partial charge in [-0.25, -0.2) is 13.1 Å². The maximum Gasteiger partial charge on any atom is 0.303 e. The summed E-state index contributed by atoms with van der Waals surface area (Å²) in [4.78, 5) is 10.8. The van der Waals surface area contributed by atoms with Gasteiger partial charge >= 0.3 is 5.97 Å². The highest BCUT2D eigenvalue weighted by molar-refractivity contribution is 7.89. The van der Waals surface area contributed by atoms with Crippen molar-refractivity contribution in [1.82, 2.24) is 4.72 Å². The Hall–Kier alpha value is -1.37. The van der Waals surface area contributed by atoms with Crippen LogP contribution in [0.5, 0.6) is 0 Å². The molecular formula is C19H26ClNO4S. The fourth-order valence-corrected chi connectivity index (χ4v) is 4.64. The first-order valence-electron chi connectivity index (χ1n) is 8.95. The summed E-state index contributed by atoms with van der Waals surface area (Å²) in [5.41, 5.74) is -0.0997. The molecule has 0 saturated heterocycles. The van der Waals surface area contributed by atoms with E-state index in [1.54, 1.807) is 12.1 Å². The van der Waals surface area contributed by atoms with Crippen LogP contribution < -0.4 is 4.72 Å². The number of hydrogen-bond donors (Lipinski definition) is 2. The zero-order chi connectivity index (χ0) is 19.0. The van der Waals surface area contributed by atoms with E-state index in [0.29, 0.717) is 18.0 Å². The third-order valence-electron chi connectivity index (χ3n) is 4.92. The zero-order valence-electron chi connectivity index (χ0n) is 14.8. The molecule has 1 aromatic carbocycles. The molecule has 2 rings (SSSR count). The first-order valence-corrected chi connectivity index (χ1v) is 10.8. The molecule has 0 spiro atoms. The lowest BCUT2D eigenvalue weighted by molar-refractivity contribution is -0.136. The van der Waals surface area contributed by atoms with Crippen LogP contribution in [0.2, 0.25) is 5.02 Å². The van der Waals surface area contributed by atoms with E-state index in [-0.39, 0.29) is 16.7 Å². The normalized spacial score (nSPS) is 17.4. The van der Waals surface area contributed by atoms with Gasteiger partial charge < -0.3 is 5.11 Å². The van der Waals surface area contributed by atoms with E-state index in [9.17, 15) is 13.2 Å². The minimum absolute atomic E-state index is 0.0997. The molecule has 2 N–H and O–H groups in total.